The topological polar surface area (TPSA) is 23.9 Å². The summed E-state index contributed by atoms with van der Waals surface area (Å²) < 4.78 is 0. The lowest BCUT2D eigenvalue weighted by Crippen LogP contribution is -2.25. The van der Waals surface area contributed by atoms with Crippen LogP contribution in [-0.4, -0.2) is 5.71 Å². The molecular weight excluding hydrogens is 278 g/mol. The predicted octanol–water partition coefficient (Wildman–Crippen LogP) is 6.21. The van der Waals surface area contributed by atoms with E-state index in [1.54, 1.807) is 5.57 Å². The van der Waals surface area contributed by atoms with E-state index in [4.69, 9.17) is 5.41 Å². The maximum absolute atomic E-state index is 8.67. The number of hydrogen-bond acceptors (Lipinski definition) is 1. The fourth-order valence-electron chi connectivity index (χ4n) is 4.26. The molecule has 0 bridgehead atoms. The van der Waals surface area contributed by atoms with E-state index in [9.17, 15) is 0 Å². The van der Waals surface area contributed by atoms with Crippen LogP contribution in [0.1, 0.15) is 70.4 Å². The molecule has 0 radical (unpaired) electrons. The van der Waals surface area contributed by atoms with E-state index in [0.717, 1.165) is 31.4 Å². The standard InChI is InChI=1S/C22H29N/c1-5-16-7-9-18(10-8-16)19-12-20-17(6-2)11-14(3)15(4)22(20)21(23)13-19/h7-10,14,19,23H,5-6,11-13H2,1-4H3. The molecule has 23 heavy (non-hydrogen) atoms. The van der Waals surface area contributed by atoms with Gasteiger partial charge in [0.1, 0.15) is 0 Å². The first-order valence-electron chi connectivity index (χ1n) is 9.13. The van der Waals surface area contributed by atoms with Crippen LogP contribution in [0, 0.1) is 11.3 Å². The minimum atomic E-state index is 0.481. The molecule has 0 heterocycles. The Balaban J connectivity index is 1.96. The summed E-state index contributed by atoms with van der Waals surface area (Å²) in [6.07, 6.45) is 5.43. The molecule has 0 aliphatic heterocycles. The van der Waals surface area contributed by atoms with Gasteiger partial charge in [0.15, 0.2) is 0 Å². The number of benzene rings is 1. The Bertz CT molecular complexity index is 672. The summed E-state index contributed by atoms with van der Waals surface area (Å²) in [7, 11) is 0. The summed E-state index contributed by atoms with van der Waals surface area (Å²) in [5.74, 6) is 1.08. The minimum Gasteiger partial charge on any atom is -0.305 e. The number of aryl methyl sites for hydroxylation is 1. The average molecular weight is 307 g/mol. The highest BCUT2D eigenvalue weighted by Gasteiger charge is 2.33. The van der Waals surface area contributed by atoms with Gasteiger partial charge < -0.3 is 5.41 Å². The maximum atomic E-state index is 8.67. The van der Waals surface area contributed by atoms with Crippen molar-refractivity contribution in [1.29, 1.82) is 5.41 Å². The molecule has 1 nitrogen and oxygen atoms in total. The molecule has 0 spiro atoms. The first-order chi connectivity index (χ1) is 11.0. The van der Waals surface area contributed by atoms with Crippen molar-refractivity contribution in [3.05, 3.63) is 57.7 Å². The van der Waals surface area contributed by atoms with Gasteiger partial charge in [-0.05, 0) is 73.1 Å². The Hall–Kier alpha value is -1.63. The smallest absolute Gasteiger partial charge is 0.0394 e. The van der Waals surface area contributed by atoms with Crippen LogP contribution in [0.25, 0.3) is 0 Å². The molecule has 1 N–H and O–H groups in total. The molecule has 122 valence electrons. The summed E-state index contributed by atoms with van der Waals surface area (Å²) in [6, 6.07) is 9.09. The third-order valence-electron chi connectivity index (χ3n) is 5.90. The van der Waals surface area contributed by atoms with E-state index in [2.05, 4.69) is 52.0 Å². The summed E-state index contributed by atoms with van der Waals surface area (Å²) in [5.41, 5.74) is 9.53. The fourth-order valence-corrected chi connectivity index (χ4v) is 4.26. The summed E-state index contributed by atoms with van der Waals surface area (Å²) in [5, 5.41) is 8.67. The van der Waals surface area contributed by atoms with Gasteiger partial charge in [0.25, 0.3) is 0 Å². The lowest BCUT2D eigenvalue weighted by Gasteiger charge is -2.36. The minimum absolute atomic E-state index is 0.481. The van der Waals surface area contributed by atoms with Crippen LogP contribution in [0.15, 0.2) is 46.6 Å². The average Bonchev–Trinajstić information content (AvgIpc) is 2.57. The third kappa shape index (κ3) is 2.94. The normalized spacial score (nSPS) is 25.0. The molecule has 0 saturated heterocycles. The Morgan fingerprint density at radius 1 is 1.00 bits per heavy atom. The molecule has 1 heteroatoms. The zero-order valence-electron chi connectivity index (χ0n) is 15.0. The van der Waals surface area contributed by atoms with E-state index in [0.29, 0.717) is 11.8 Å². The van der Waals surface area contributed by atoms with Crippen molar-refractivity contribution < 1.29 is 0 Å². The summed E-state index contributed by atoms with van der Waals surface area (Å²) in [4.78, 5) is 0. The molecular formula is C22H29N. The van der Waals surface area contributed by atoms with Gasteiger partial charge in [-0.25, -0.2) is 0 Å². The van der Waals surface area contributed by atoms with Gasteiger partial charge in [-0.1, -0.05) is 56.2 Å². The molecule has 0 amide bonds. The molecule has 2 atom stereocenters. The van der Waals surface area contributed by atoms with Crippen molar-refractivity contribution >= 4 is 5.71 Å². The van der Waals surface area contributed by atoms with Crippen LogP contribution in [0.4, 0.5) is 0 Å². The van der Waals surface area contributed by atoms with Crippen LogP contribution >= 0.6 is 0 Å². The van der Waals surface area contributed by atoms with E-state index < -0.39 is 0 Å². The van der Waals surface area contributed by atoms with Crippen molar-refractivity contribution in [3.63, 3.8) is 0 Å². The number of hydrogen-bond donors (Lipinski definition) is 1. The van der Waals surface area contributed by atoms with Crippen molar-refractivity contribution in [2.45, 2.75) is 65.7 Å². The third-order valence-corrected chi connectivity index (χ3v) is 5.90. The monoisotopic (exact) mass is 307 g/mol. The van der Waals surface area contributed by atoms with Gasteiger partial charge in [-0.2, -0.15) is 0 Å². The molecule has 2 aliphatic rings. The second-order valence-corrected chi connectivity index (χ2v) is 7.28. The zero-order valence-corrected chi connectivity index (χ0v) is 15.0. The first kappa shape index (κ1) is 16.2. The van der Waals surface area contributed by atoms with Crippen LogP contribution in [0.5, 0.6) is 0 Å². The molecule has 2 aliphatic carbocycles. The Kier molecular flexibility index (Phi) is 4.57. The first-order valence-corrected chi connectivity index (χ1v) is 9.13. The lowest BCUT2D eigenvalue weighted by molar-refractivity contribution is 0.600. The molecule has 1 saturated carbocycles. The van der Waals surface area contributed by atoms with Gasteiger partial charge in [0.05, 0.1) is 0 Å². The van der Waals surface area contributed by atoms with Crippen molar-refractivity contribution in [2.24, 2.45) is 5.92 Å². The van der Waals surface area contributed by atoms with E-state index in [1.807, 2.05) is 0 Å². The number of rotatable bonds is 3. The molecule has 1 aromatic carbocycles. The van der Waals surface area contributed by atoms with Crippen molar-refractivity contribution in [3.8, 4) is 0 Å². The quantitative estimate of drug-likeness (QED) is 0.686. The molecule has 1 fully saturated rings. The largest absolute Gasteiger partial charge is 0.305 e. The summed E-state index contributed by atoms with van der Waals surface area (Å²) in [6.45, 7) is 9.04. The second kappa shape index (κ2) is 6.47. The highest BCUT2D eigenvalue weighted by atomic mass is 14.5. The lowest BCUT2D eigenvalue weighted by atomic mass is 9.68. The van der Waals surface area contributed by atoms with Crippen molar-refractivity contribution in [2.75, 3.05) is 0 Å². The SMILES string of the molecule is CCC1=C2CC(c3ccc(CC)cc3)CC(=N)C2=C(C)C(C)C1. The van der Waals surface area contributed by atoms with Gasteiger partial charge in [0.2, 0.25) is 0 Å². The molecule has 1 aromatic rings. The van der Waals surface area contributed by atoms with Crippen LogP contribution in [-0.2, 0) is 6.42 Å². The van der Waals surface area contributed by atoms with Gasteiger partial charge in [-0.3, -0.25) is 0 Å². The second-order valence-electron chi connectivity index (χ2n) is 7.28. The van der Waals surface area contributed by atoms with Crippen LogP contribution < -0.4 is 0 Å². The Labute approximate surface area is 141 Å². The Morgan fingerprint density at radius 2 is 1.70 bits per heavy atom. The maximum Gasteiger partial charge on any atom is 0.0394 e. The van der Waals surface area contributed by atoms with Gasteiger partial charge in [-0.15, -0.1) is 0 Å². The zero-order chi connectivity index (χ0) is 16.6. The number of fused-ring (bicyclic) bond motifs is 1. The van der Waals surface area contributed by atoms with Crippen LogP contribution in [0.3, 0.4) is 0 Å². The number of nitrogens with one attached hydrogen (secondary N) is 1. The number of allylic oxidation sites excluding steroid dienone is 4. The van der Waals surface area contributed by atoms with Gasteiger partial charge >= 0.3 is 0 Å². The molecule has 3 rings (SSSR count). The van der Waals surface area contributed by atoms with E-state index in [-0.39, 0.29) is 0 Å². The van der Waals surface area contributed by atoms with Gasteiger partial charge in [0, 0.05) is 5.71 Å². The van der Waals surface area contributed by atoms with E-state index in [1.165, 1.54) is 34.3 Å². The highest BCUT2D eigenvalue weighted by molar-refractivity contribution is 6.04. The highest BCUT2D eigenvalue weighted by Crippen LogP contribution is 2.45. The summed E-state index contributed by atoms with van der Waals surface area (Å²) >= 11 is 0. The molecule has 0 aromatic heterocycles. The fraction of sp³-hybridized carbons (Fsp3) is 0.500. The predicted molar refractivity (Wildman–Crippen MR) is 99.3 cm³/mol. The molecule has 2 unspecified atom stereocenters. The van der Waals surface area contributed by atoms with Crippen molar-refractivity contribution in [1.82, 2.24) is 0 Å². The van der Waals surface area contributed by atoms with Crippen LogP contribution in [0.2, 0.25) is 0 Å². The Morgan fingerprint density at radius 3 is 2.30 bits per heavy atom. The van der Waals surface area contributed by atoms with E-state index >= 15 is 0 Å².